The third kappa shape index (κ3) is 5.15. The minimum Gasteiger partial charge on any atom is -0.373 e. The fourth-order valence-electron chi connectivity index (χ4n) is 3.69. The van der Waals surface area contributed by atoms with Gasteiger partial charge >= 0.3 is 0 Å². The summed E-state index contributed by atoms with van der Waals surface area (Å²) in [7, 11) is 7.90. The average molecular weight is 387 g/mol. The van der Waals surface area contributed by atoms with Crippen molar-refractivity contribution in [2.45, 2.75) is 18.7 Å². The van der Waals surface area contributed by atoms with Gasteiger partial charge in [-0.05, 0) is 38.8 Å². The maximum atomic E-state index is 13.2. The number of rotatable bonds is 7. The summed E-state index contributed by atoms with van der Waals surface area (Å²) >= 11 is 0. The van der Waals surface area contributed by atoms with E-state index in [1.807, 2.05) is 62.5 Å². The molecule has 0 spiro atoms. The number of aryl methyl sites for hydroxylation is 1. The van der Waals surface area contributed by atoms with Crippen LogP contribution < -0.4 is 0 Å². The SMILES string of the molecule is CN(C)C[C@@H]1OCCN(C(=O)CN(C)Cc2ccncc2)[C@H]1c1cnn(C)c1. The molecule has 2 atom stereocenters. The van der Waals surface area contributed by atoms with Crippen molar-refractivity contribution in [3.8, 4) is 0 Å². The molecule has 1 amide bonds. The summed E-state index contributed by atoms with van der Waals surface area (Å²) < 4.78 is 7.83. The Morgan fingerprint density at radius 2 is 2.04 bits per heavy atom. The van der Waals surface area contributed by atoms with Crippen LogP contribution in [0.2, 0.25) is 0 Å². The predicted molar refractivity (Wildman–Crippen MR) is 107 cm³/mol. The van der Waals surface area contributed by atoms with Crippen molar-refractivity contribution < 1.29 is 9.53 Å². The maximum absolute atomic E-state index is 13.2. The van der Waals surface area contributed by atoms with Gasteiger partial charge in [-0.25, -0.2) is 0 Å². The van der Waals surface area contributed by atoms with Crippen LogP contribution >= 0.6 is 0 Å². The number of hydrogen-bond acceptors (Lipinski definition) is 6. The standard InChI is InChI=1S/C20H30N6O2/c1-23(2)14-18-20(17-11-22-25(4)13-17)26(9-10-28-18)19(27)15-24(3)12-16-5-7-21-8-6-16/h5-8,11,13,18,20H,9-10,12,14-15H2,1-4H3/t18-,20-/m0/s1. The van der Waals surface area contributed by atoms with Crippen LogP contribution in [0.25, 0.3) is 0 Å². The van der Waals surface area contributed by atoms with Crippen molar-refractivity contribution in [2.75, 3.05) is 47.4 Å². The largest absolute Gasteiger partial charge is 0.373 e. The Kier molecular flexibility index (Phi) is 6.77. The van der Waals surface area contributed by atoms with Crippen molar-refractivity contribution in [1.82, 2.24) is 29.5 Å². The van der Waals surface area contributed by atoms with Gasteiger partial charge in [-0.1, -0.05) is 0 Å². The fourth-order valence-corrected chi connectivity index (χ4v) is 3.69. The fraction of sp³-hybridized carbons (Fsp3) is 0.550. The zero-order valence-corrected chi connectivity index (χ0v) is 17.2. The first-order valence-corrected chi connectivity index (χ1v) is 9.56. The number of nitrogens with zero attached hydrogens (tertiary/aromatic N) is 6. The van der Waals surface area contributed by atoms with E-state index in [0.717, 1.165) is 17.7 Å². The van der Waals surface area contributed by atoms with Crippen molar-refractivity contribution in [2.24, 2.45) is 7.05 Å². The van der Waals surface area contributed by atoms with Crippen LogP contribution in [0.4, 0.5) is 0 Å². The van der Waals surface area contributed by atoms with E-state index >= 15 is 0 Å². The predicted octanol–water partition coefficient (Wildman–Crippen LogP) is 0.777. The van der Waals surface area contributed by atoms with E-state index in [9.17, 15) is 4.79 Å². The smallest absolute Gasteiger partial charge is 0.237 e. The van der Waals surface area contributed by atoms with Crippen molar-refractivity contribution >= 4 is 5.91 Å². The van der Waals surface area contributed by atoms with E-state index < -0.39 is 0 Å². The Bertz CT molecular complexity index is 763. The molecule has 3 heterocycles. The minimum atomic E-state index is -0.133. The number of aromatic nitrogens is 3. The van der Waals surface area contributed by atoms with Gasteiger partial charge in [0, 0.05) is 50.8 Å². The number of morpholine rings is 1. The number of amides is 1. The van der Waals surface area contributed by atoms with Gasteiger partial charge in [0.2, 0.25) is 5.91 Å². The summed E-state index contributed by atoms with van der Waals surface area (Å²) in [6.45, 7) is 2.95. The second-order valence-corrected chi connectivity index (χ2v) is 7.68. The van der Waals surface area contributed by atoms with Crippen LogP contribution in [-0.2, 0) is 23.1 Å². The van der Waals surface area contributed by atoms with Crippen molar-refractivity contribution in [1.29, 1.82) is 0 Å². The molecule has 0 bridgehead atoms. The molecule has 1 fully saturated rings. The van der Waals surface area contributed by atoms with Gasteiger partial charge in [0.1, 0.15) is 0 Å². The number of likely N-dealkylation sites (N-methyl/N-ethyl adjacent to an activating group) is 2. The summed E-state index contributed by atoms with van der Waals surface area (Å²) in [5.41, 5.74) is 2.15. The first kappa shape index (κ1) is 20.4. The molecule has 0 aliphatic carbocycles. The average Bonchev–Trinajstić information content (AvgIpc) is 3.07. The topological polar surface area (TPSA) is 66.7 Å². The quantitative estimate of drug-likeness (QED) is 0.701. The summed E-state index contributed by atoms with van der Waals surface area (Å²) in [4.78, 5) is 23.3. The molecule has 8 nitrogen and oxygen atoms in total. The highest BCUT2D eigenvalue weighted by molar-refractivity contribution is 5.79. The third-order valence-corrected chi connectivity index (χ3v) is 4.89. The van der Waals surface area contributed by atoms with Gasteiger partial charge in [-0.15, -0.1) is 0 Å². The molecule has 8 heteroatoms. The lowest BCUT2D eigenvalue weighted by atomic mass is 10.00. The third-order valence-electron chi connectivity index (χ3n) is 4.89. The lowest BCUT2D eigenvalue weighted by Gasteiger charge is -2.42. The molecule has 1 aliphatic rings. The van der Waals surface area contributed by atoms with E-state index in [4.69, 9.17) is 4.74 Å². The van der Waals surface area contributed by atoms with Gasteiger partial charge in [0.05, 0.1) is 31.5 Å². The molecule has 3 rings (SSSR count). The van der Waals surface area contributed by atoms with Crippen LogP contribution in [0.3, 0.4) is 0 Å². The Balaban J connectivity index is 1.73. The van der Waals surface area contributed by atoms with Gasteiger partial charge in [-0.3, -0.25) is 19.4 Å². The molecule has 0 aromatic carbocycles. The molecule has 2 aromatic heterocycles. The Labute approximate surface area is 166 Å². The molecule has 0 radical (unpaired) electrons. The Hall–Kier alpha value is -2.29. The maximum Gasteiger partial charge on any atom is 0.237 e. The van der Waals surface area contributed by atoms with Crippen LogP contribution in [0.15, 0.2) is 36.9 Å². The van der Waals surface area contributed by atoms with E-state index in [2.05, 4.69) is 15.0 Å². The molecule has 1 saturated heterocycles. The van der Waals surface area contributed by atoms with Crippen molar-refractivity contribution in [3.05, 3.63) is 48.0 Å². The van der Waals surface area contributed by atoms with Crippen LogP contribution in [0, 0.1) is 0 Å². The molecule has 152 valence electrons. The molecule has 28 heavy (non-hydrogen) atoms. The number of ether oxygens (including phenoxy) is 1. The molecule has 0 saturated carbocycles. The number of hydrogen-bond donors (Lipinski definition) is 0. The Morgan fingerprint density at radius 1 is 1.29 bits per heavy atom. The van der Waals surface area contributed by atoms with E-state index in [-0.39, 0.29) is 18.1 Å². The molecular weight excluding hydrogens is 356 g/mol. The monoisotopic (exact) mass is 386 g/mol. The normalized spacial score (nSPS) is 20.1. The molecular formula is C20H30N6O2. The van der Waals surface area contributed by atoms with Gasteiger partial charge in [0.25, 0.3) is 0 Å². The highest BCUT2D eigenvalue weighted by Gasteiger charge is 2.37. The first-order chi connectivity index (χ1) is 13.4. The van der Waals surface area contributed by atoms with E-state index in [1.54, 1.807) is 17.1 Å². The summed E-state index contributed by atoms with van der Waals surface area (Å²) in [5.74, 6) is 0.109. The molecule has 1 aliphatic heterocycles. The summed E-state index contributed by atoms with van der Waals surface area (Å²) in [6, 6.07) is 3.81. The first-order valence-electron chi connectivity index (χ1n) is 9.56. The number of carbonyl (C=O) groups excluding carboxylic acids is 1. The molecule has 0 N–H and O–H groups in total. The Morgan fingerprint density at radius 3 is 2.68 bits per heavy atom. The minimum absolute atomic E-state index is 0.0811. The van der Waals surface area contributed by atoms with Crippen LogP contribution in [0.5, 0.6) is 0 Å². The lowest BCUT2D eigenvalue weighted by Crippen LogP contribution is -2.52. The summed E-state index contributed by atoms with van der Waals surface area (Å²) in [5, 5.41) is 4.31. The van der Waals surface area contributed by atoms with E-state index in [0.29, 0.717) is 26.2 Å². The second kappa shape index (κ2) is 9.27. The lowest BCUT2D eigenvalue weighted by molar-refractivity contribution is -0.149. The molecule has 2 aromatic rings. The summed E-state index contributed by atoms with van der Waals surface area (Å²) in [6.07, 6.45) is 7.28. The van der Waals surface area contributed by atoms with Gasteiger partial charge in [0.15, 0.2) is 0 Å². The second-order valence-electron chi connectivity index (χ2n) is 7.68. The zero-order valence-electron chi connectivity index (χ0n) is 17.2. The molecule has 0 unspecified atom stereocenters. The van der Waals surface area contributed by atoms with Gasteiger partial charge < -0.3 is 14.5 Å². The van der Waals surface area contributed by atoms with Crippen LogP contribution in [-0.4, -0.2) is 88.9 Å². The zero-order chi connectivity index (χ0) is 20.1. The van der Waals surface area contributed by atoms with Crippen molar-refractivity contribution in [3.63, 3.8) is 0 Å². The highest BCUT2D eigenvalue weighted by Crippen LogP contribution is 2.30. The number of carbonyl (C=O) groups is 1. The van der Waals surface area contributed by atoms with Gasteiger partial charge in [-0.2, -0.15) is 5.10 Å². The van der Waals surface area contributed by atoms with E-state index in [1.165, 1.54) is 0 Å². The number of pyridine rings is 1. The highest BCUT2D eigenvalue weighted by atomic mass is 16.5. The van der Waals surface area contributed by atoms with Crippen LogP contribution in [0.1, 0.15) is 17.2 Å².